The number of hydrogen-bond acceptors (Lipinski definition) is 4. The highest BCUT2D eigenvalue weighted by Gasteiger charge is 2.20. The Hall–Kier alpha value is -1.11. The zero-order valence-electron chi connectivity index (χ0n) is 10.8. The minimum Gasteiger partial charge on any atom is -0.382 e. The van der Waals surface area contributed by atoms with Gasteiger partial charge in [-0.15, -0.1) is 11.3 Å². The molecule has 0 fully saturated rings. The summed E-state index contributed by atoms with van der Waals surface area (Å²) in [6, 6.07) is 2.28. The molecule has 100 valence electrons. The van der Waals surface area contributed by atoms with Crippen LogP contribution in [0.2, 0.25) is 0 Å². The first-order chi connectivity index (χ1) is 8.74. The van der Waals surface area contributed by atoms with Crippen LogP contribution in [0.25, 0.3) is 0 Å². The van der Waals surface area contributed by atoms with E-state index in [1.165, 1.54) is 10.4 Å². The molecule has 2 heterocycles. The molecule has 2 rings (SSSR count). The summed E-state index contributed by atoms with van der Waals surface area (Å²) in [6.45, 7) is 4.45. The topological polar surface area (TPSA) is 62.9 Å². The van der Waals surface area contributed by atoms with Gasteiger partial charge in [-0.2, -0.15) is 0 Å². The van der Waals surface area contributed by atoms with Crippen LogP contribution in [0.3, 0.4) is 0 Å². The highest BCUT2D eigenvalue weighted by Crippen LogP contribution is 2.23. The summed E-state index contributed by atoms with van der Waals surface area (Å²) in [5, 5.41) is 2.15. The van der Waals surface area contributed by atoms with E-state index < -0.39 is 0 Å². The van der Waals surface area contributed by atoms with Crippen LogP contribution in [0.15, 0.2) is 16.4 Å². The van der Waals surface area contributed by atoms with Gasteiger partial charge in [0.1, 0.15) is 0 Å². The number of rotatable bonds is 3. The van der Waals surface area contributed by atoms with Crippen molar-refractivity contribution < 1.29 is 4.74 Å². The smallest absolute Gasteiger partial charge is 0.209 e. The lowest BCUT2D eigenvalue weighted by Crippen LogP contribution is -2.47. The van der Waals surface area contributed by atoms with Crippen LogP contribution in [0, 0.1) is 0 Å². The normalized spacial score (nSPS) is 17.5. The molecule has 0 saturated carbocycles. The number of guanidine groups is 1. The van der Waals surface area contributed by atoms with Gasteiger partial charge in [0.15, 0.2) is 0 Å². The van der Waals surface area contributed by atoms with E-state index in [0.29, 0.717) is 6.61 Å². The molecule has 5 nitrogen and oxygen atoms in total. The summed E-state index contributed by atoms with van der Waals surface area (Å²) >= 11 is 1.83. The second kappa shape index (κ2) is 6.17. The standard InChI is InChI=1S/C12H20N4OS/c1-9(8-17-2)14-12(15-13)16-5-3-11-10(7-16)4-6-18-11/h4,6,9H,3,5,7-8,13H2,1-2H3,(H,14,15). The molecule has 0 radical (unpaired) electrons. The third kappa shape index (κ3) is 3.01. The molecule has 0 saturated heterocycles. The van der Waals surface area contributed by atoms with Crippen molar-refractivity contribution in [3.63, 3.8) is 0 Å². The molecule has 1 aromatic rings. The molecular formula is C12H20N4OS. The monoisotopic (exact) mass is 268 g/mol. The van der Waals surface area contributed by atoms with Gasteiger partial charge in [-0.3, -0.25) is 5.43 Å². The second-order valence-electron chi connectivity index (χ2n) is 4.44. The molecule has 0 spiro atoms. The lowest BCUT2D eigenvalue weighted by molar-refractivity contribution is 0.185. The maximum atomic E-state index is 5.58. The van der Waals surface area contributed by atoms with E-state index in [4.69, 9.17) is 10.6 Å². The Morgan fingerprint density at radius 2 is 2.56 bits per heavy atom. The van der Waals surface area contributed by atoms with Gasteiger partial charge in [-0.05, 0) is 30.4 Å². The largest absolute Gasteiger partial charge is 0.382 e. The van der Waals surface area contributed by atoms with Crippen LogP contribution < -0.4 is 11.3 Å². The summed E-state index contributed by atoms with van der Waals surface area (Å²) in [7, 11) is 1.68. The van der Waals surface area contributed by atoms with Crippen molar-refractivity contribution in [2.75, 3.05) is 20.3 Å². The number of ether oxygens (including phenoxy) is 1. The maximum absolute atomic E-state index is 5.58. The molecule has 1 aromatic heterocycles. The molecule has 0 bridgehead atoms. The average molecular weight is 268 g/mol. The van der Waals surface area contributed by atoms with E-state index in [1.807, 2.05) is 18.3 Å². The molecule has 3 N–H and O–H groups in total. The van der Waals surface area contributed by atoms with E-state index in [2.05, 4.69) is 26.8 Å². The number of hydrazine groups is 1. The Kier molecular flexibility index (Phi) is 4.57. The summed E-state index contributed by atoms with van der Waals surface area (Å²) in [4.78, 5) is 8.21. The number of aliphatic imine (C=N–C) groups is 1. The Bertz CT molecular complexity index is 418. The fraction of sp³-hybridized carbons (Fsp3) is 0.583. The van der Waals surface area contributed by atoms with Crippen molar-refractivity contribution in [3.8, 4) is 0 Å². The van der Waals surface area contributed by atoms with Crippen molar-refractivity contribution in [1.82, 2.24) is 10.3 Å². The lowest BCUT2D eigenvalue weighted by atomic mass is 10.1. The molecule has 0 aromatic carbocycles. The van der Waals surface area contributed by atoms with Crippen LogP contribution in [0.5, 0.6) is 0 Å². The third-order valence-corrected chi connectivity index (χ3v) is 4.01. The zero-order chi connectivity index (χ0) is 13.0. The lowest BCUT2D eigenvalue weighted by Gasteiger charge is -2.29. The Labute approximate surface area is 112 Å². The van der Waals surface area contributed by atoms with Crippen LogP contribution in [0.1, 0.15) is 17.4 Å². The van der Waals surface area contributed by atoms with Crippen LogP contribution >= 0.6 is 11.3 Å². The molecule has 1 aliphatic rings. The average Bonchev–Trinajstić information content (AvgIpc) is 2.83. The first kappa shape index (κ1) is 13.3. The highest BCUT2D eigenvalue weighted by atomic mass is 32.1. The predicted molar refractivity (Wildman–Crippen MR) is 74.5 cm³/mol. The van der Waals surface area contributed by atoms with Gasteiger partial charge in [-0.25, -0.2) is 10.8 Å². The summed E-state index contributed by atoms with van der Waals surface area (Å²) in [6.07, 6.45) is 1.06. The number of hydrogen-bond donors (Lipinski definition) is 2. The molecule has 0 amide bonds. The van der Waals surface area contributed by atoms with Crippen molar-refractivity contribution in [2.45, 2.75) is 25.9 Å². The quantitative estimate of drug-likeness (QED) is 0.371. The van der Waals surface area contributed by atoms with E-state index >= 15 is 0 Å². The van der Waals surface area contributed by atoms with Gasteiger partial charge >= 0.3 is 0 Å². The molecule has 18 heavy (non-hydrogen) atoms. The number of methoxy groups -OCH3 is 1. The number of nitrogens with zero attached hydrogens (tertiary/aromatic N) is 2. The number of nitrogens with one attached hydrogen (secondary N) is 1. The van der Waals surface area contributed by atoms with E-state index in [9.17, 15) is 0 Å². The van der Waals surface area contributed by atoms with Crippen LogP contribution in [-0.4, -0.2) is 37.2 Å². The fourth-order valence-electron chi connectivity index (χ4n) is 2.13. The van der Waals surface area contributed by atoms with Gasteiger partial charge in [0.25, 0.3) is 0 Å². The van der Waals surface area contributed by atoms with Crippen molar-refractivity contribution >= 4 is 17.3 Å². The second-order valence-corrected chi connectivity index (χ2v) is 5.44. The minimum absolute atomic E-state index is 0.102. The summed E-state index contributed by atoms with van der Waals surface area (Å²) in [5.41, 5.74) is 4.09. The minimum atomic E-state index is 0.102. The van der Waals surface area contributed by atoms with E-state index in [-0.39, 0.29) is 6.04 Å². The molecule has 1 atom stereocenters. The van der Waals surface area contributed by atoms with Crippen molar-refractivity contribution in [1.29, 1.82) is 0 Å². The number of fused-ring (bicyclic) bond motifs is 1. The van der Waals surface area contributed by atoms with E-state index in [0.717, 1.165) is 25.5 Å². The third-order valence-electron chi connectivity index (χ3n) is 2.99. The fourth-order valence-corrected chi connectivity index (χ4v) is 3.02. The Morgan fingerprint density at radius 1 is 1.72 bits per heavy atom. The molecule has 1 unspecified atom stereocenters. The maximum Gasteiger partial charge on any atom is 0.209 e. The van der Waals surface area contributed by atoms with Gasteiger partial charge < -0.3 is 9.64 Å². The van der Waals surface area contributed by atoms with Gasteiger partial charge in [0, 0.05) is 25.1 Å². The highest BCUT2D eigenvalue weighted by molar-refractivity contribution is 7.10. The predicted octanol–water partition coefficient (Wildman–Crippen LogP) is 0.960. The molecule has 0 aliphatic carbocycles. The van der Waals surface area contributed by atoms with Crippen LogP contribution in [-0.2, 0) is 17.7 Å². The van der Waals surface area contributed by atoms with Crippen molar-refractivity contribution in [3.05, 3.63) is 21.9 Å². The summed E-state index contributed by atoms with van der Waals surface area (Å²) < 4.78 is 5.09. The Morgan fingerprint density at radius 3 is 3.28 bits per heavy atom. The SMILES string of the molecule is COCC(C)N=C(NN)N1CCc2sccc2C1. The van der Waals surface area contributed by atoms with Gasteiger partial charge in [0.05, 0.1) is 12.6 Å². The summed E-state index contributed by atoms with van der Waals surface area (Å²) in [5.74, 6) is 6.33. The van der Waals surface area contributed by atoms with E-state index in [1.54, 1.807) is 7.11 Å². The Balaban J connectivity index is 2.06. The first-order valence-corrected chi connectivity index (χ1v) is 6.96. The molecule has 1 aliphatic heterocycles. The van der Waals surface area contributed by atoms with Gasteiger partial charge in [0.2, 0.25) is 5.96 Å². The number of nitrogens with two attached hydrogens (primary N) is 1. The van der Waals surface area contributed by atoms with Crippen LogP contribution in [0.4, 0.5) is 0 Å². The zero-order valence-corrected chi connectivity index (χ0v) is 11.7. The number of thiophene rings is 1. The first-order valence-electron chi connectivity index (χ1n) is 6.08. The van der Waals surface area contributed by atoms with Crippen molar-refractivity contribution in [2.24, 2.45) is 10.8 Å². The van der Waals surface area contributed by atoms with Gasteiger partial charge in [-0.1, -0.05) is 0 Å². The molecule has 6 heteroatoms. The molecular weight excluding hydrogens is 248 g/mol.